The predicted octanol–water partition coefficient (Wildman–Crippen LogP) is 4.36. The van der Waals surface area contributed by atoms with Gasteiger partial charge in [0.25, 0.3) is 0 Å². The molecule has 1 saturated heterocycles. The summed E-state index contributed by atoms with van der Waals surface area (Å²) in [5.41, 5.74) is 0.869. The maximum atomic E-state index is 13.3. The summed E-state index contributed by atoms with van der Waals surface area (Å²) < 4.78 is 31.7. The van der Waals surface area contributed by atoms with Crippen molar-refractivity contribution in [3.05, 3.63) is 48.5 Å². The average molecular weight is 556 g/mol. The van der Waals surface area contributed by atoms with E-state index in [-0.39, 0.29) is 36.9 Å². The smallest absolute Gasteiger partial charge is 0.228 e. The second kappa shape index (κ2) is 13.0. The first kappa shape index (κ1) is 27.9. The second-order valence-corrected chi connectivity index (χ2v) is 12.1. The number of aromatic nitrogens is 1. The van der Waals surface area contributed by atoms with Crippen molar-refractivity contribution in [3.8, 4) is 0 Å². The van der Waals surface area contributed by atoms with Gasteiger partial charge in [0.15, 0.2) is 15.0 Å². The van der Waals surface area contributed by atoms with Crippen molar-refractivity contribution in [1.82, 2.24) is 9.88 Å². The number of hydrogen-bond acceptors (Lipinski definition) is 8. The SMILES string of the molecule is CSc1ccc2nc(N(CCN3CCOCC3)C(=O)CCCS(=O)(=O)c3ccccc3)sc2c1.Cl. The number of carbonyl (C=O) groups excluding carboxylic acids is 1. The number of ether oxygens (including phenoxy) is 1. The molecule has 190 valence electrons. The highest BCUT2D eigenvalue weighted by Gasteiger charge is 2.23. The standard InChI is InChI=1S/C24H29N3O4S3.ClH/c1-32-19-9-10-21-22(18-19)33-24(25-21)27(12-11-26-13-15-31-16-14-26)23(28)8-5-17-34(29,30)20-6-3-2-4-7-20;/h2-4,6-7,9-10,18H,5,8,11-17H2,1H3;1H. The fourth-order valence-electron chi connectivity index (χ4n) is 3.82. The minimum Gasteiger partial charge on any atom is -0.379 e. The highest BCUT2D eigenvalue weighted by molar-refractivity contribution is 7.98. The summed E-state index contributed by atoms with van der Waals surface area (Å²) in [6.07, 6.45) is 2.46. The first-order chi connectivity index (χ1) is 16.5. The molecule has 0 saturated carbocycles. The minimum absolute atomic E-state index is 0. The van der Waals surface area contributed by atoms with Crippen molar-refractivity contribution < 1.29 is 17.9 Å². The molecule has 3 aromatic rings. The molecular formula is C24H30ClN3O4S3. The Morgan fingerprint density at radius 1 is 1.17 bits per heavy atom. The lowest BCUT2D eigenvalue weighted by Gasteiger charge is -2.29. The lowest BCUT2D eigenvalue weighted by atomic mass is 10.3. The van der Waals surface area contributed by atoms with Crippen LogP contribution in [-0.2, 0) is 19.4 Å². The van der Waals surface area contributed by atoms with E-state index in [4.69, 9.17) is 9.72 Å². The van der Waals surface area contributed by atoms with E-state index in [1.807, 2.05) is 18.4 Å². The van der Waals surface area contributed by atoms with Crippen LogP contribution in [0.25, 0.3) is 10.2 Å². The molecule has 2 heterocycles. The van der Waals surface area contributed by atoms with Crippen molar-refractivity contribution in [2.75, 3.05) is 56.3 Å². The molecule has 0 aliphatic carbocycles. The van der Waals surface area contributed by atoms with Crippen molar-refractivity contribution in [2.24, 2.45) is 0 Å². The molecule has 1 aliphatic heterocycles. The summed E-state index contributed by atoms with van der Waals surface area (Å²) in [5, 5.41) is 0.664. The van der Waals surface area contributed by atoms with Crippen molar-refractivity contribution in [2.45, 2.75) is 22.6 Å². The summed E-state index contributed by atoms with van der Waals surface area (Å²) in [5.74, 6) is -0.155. The molecule has 1 fully saturated rings. The Morgan fingerprint density at radius 3 is 2.63 bits per heavy atom. The van der Waals surface area contributed by atoms with Crippen LogP contribution < -0.4 is 4.90 Å². The van der Waals surface area contributed by atoms with Gasteiger partial charge in [-0.3, -0.25) is 14.6 Å². The number of fused-ring (bicyclic) bond motifs is 1. The van der Waals surface area contributed by atoms with Gasteiger partial charge < -0.3 is 4.74 Å². The van der Waals surface area contributed by atoms with Crippen LogP contribution in [-0.4, -0.2) is 75.6 Å². The van der Waals surface area contributed by atoms with Crippen LogP contribution in [0, 0.1) is 0 Å². The van der Waals surface area contributed by atoms with Crippen LogP contribution in [0.5, 0.6) is 0 Å². The van der Waals surface area contributed by atoms with Crippen molar-refractivity contribution in [3.63, 3.8) is 0 Å². The van der Waals surface area contributed by atoms with E-state index in [9.17, 15) is 13.2 Å². The number of anilines is 1. The lowest BCUT2D eigenvalue weighted by molar-refractivity contribution is -0.118. The summed E-state index contributed by atoms with van der Waals surface area (Å²) in [6.45, 7) is 4.32. The number of amides is 1. The highest BCUT2D eigenvalue weighted by Crippen LogP contribution is 2.32. The highest BCUT2D eigenvalue weighted by atomic mass is 35.5. The zero-order valence-corrected chi connectivity index (χ0v) is 22.9. The summed E-state index contributed by atoms with van der Waals surface area (Å²) >= 11 is 3.18. The first-order valence-electron chi connectivity index (χ1n) is 11.3. The first-order valence-corrected chi connectivity index (χ1v) is 15.0. The molecular weight excluding hydrogens is 526 g/mol. The average Bonchev–Trinajstić information content (AvgIpc) is 3.28. The molecule has 0 unspecified atom stereocenters. The normalized spacial score (nSPS) is 14.5. The molecule has 0 spiro atoms. The molecule has 7 nitrogen and oxygen atoms in total. The second-order valence-electron chi connectivity index (χ2n) is 8.06. The van der Waals surface area contributed by atoms with Crippen molar-refractivity contribution in [1.29, 1.82) is 0 Å². The molecule has 2 aromatic carbocycles. The van der Waals surface area contributed by atoms with Gasteiger partial charge in [-0.15, -0.1) is 24.2 Å². The number of hydrogen-bond donors (Lipinski definition) is 0. The number of benzene rings is 2. The Labute approximate surface area is 221 Å². The van der Waals surface area contributed by atoms with E-state index >= 15 is 0 Å². The molecule has 1 aliphatic rings. The summed E-state index contributed by atoms with van der Waals surface area (Å²) in [7, 11) is -3.41. The topological polar surface area (TPSA) is 79.8 Å². The van der Waals surface area contributed by atoms with Gasteiger partial charge in [-0.25, -0.2) is 13.4 Å². The lowest BCUT2D eigenvalue weighted by Crippen LogP contribution is -2.43. The number of nitrogens with zero attached hydrogens (tertiary/aromatic N) is 3. The fourth-order valence-corrected chi connectivity index (χ4v) is 6.72. The Bertz CT molecular complexity index is 1220. The largest absolute Gasteiger partial charge is 0.379 e. The molecule has 35 heavy (non-hydrogen) atoms. The summed E-state index contributed by atoms with van der Waals surface area (Å²) in [6, 6.07) is 14.5. The molecule has 1 amide bonds. The molecule has 1 aromatic heterocycles. The number of thiazole rings is 1. The van der Waals surface area contributed by atoms with Crippen molar-refractivity contribution >= 4 is 66.6 Å². The number of rotatable bonds is 10. The predicted molar refractivity (Wildman–Crippen MR) is 146 cm³/mol. The Balaban J connectivity index is 0.00000342. The van der Waals surface area contributed by atoms with E-state index in [2.05, 4.69) is 11.0 Å². The van der Waals surface area contributed by atoms with Gasteiger partial charge >= 0.3 is 0 Å². The van der Waals surface area contributed by atoms with Crippen LogP contribution >= 0.6 is 35.5 Å². The third-order valence-corrected chi connectivity index (χ3v) is 9.35. The van der Waals surface area contributed by atoms with Gasteiger partial charge in [0.2, 0.25) is 5.91 Å². The molecule has 0 bridgehead atoms. The fraction of sp³-hybridized carbons (Fsp3) is 0.417. The molecule has 0 atom stereocenters. The maximum Gasteiger partial charge on any atom is 0.228 e. The third kappa shape index (κ3) is 7.41. The van der Waals surface area contributed by atoms with Crippen LogP contribution in [0.4, 0.5) is 5.13 Å². The molecule has 4 rings (SSSR count). The molecule has 11 heteroatoms. The van der Waals surface area contributed by atoms with Gasteiger partial charge in [0.1, 0.15) is 0 Å². The Kier molecular flexibility index (Phi) is 10.4. The van der Waals surface area contributed by atoms with Gasteiger partial charge in [0.05, 0.1) is 34.1 Å². The number of carbonyl (C=O) groups is 1. The van der Waals surface area contributed by atoms with E-state index in [1.54, 1.807) is 47.0 Å². The molecule has 0 radical (unpaired) electrons. The van der Waals surface area contributed by atoms with Crippen LogP contribution in [0.3, 0.4) is 0 Å². The van der Waals surface area contributed by atoms with Gasteiger partial charge in [-0.1, -0.05) is 29.5 Å². The zero-order valence-electron chi connectivity index (χ0n) is 19.6. The third-order valence-electron chi connectivity index (χ3n) is 5.77. The quantitative estimate of drug-likeness (QED) is 0.344. The number of halogens is 1. The monoisotopic (exact) mass is 555 g/mol. The Hall–Kier alpha value is -1.69. The minimum atomic E-state index is -3.41. The number of morpholine rings is 1. The van der Waals surface area contributed by atoms with E-state index < -0.39 is 9.84 Å². The number of sulfone groups is 1. The number of thioether (sulfide) groups is 1. The van der Waals surface area contributed by atoms with E-state index in [1.165, 1.54) is 11.3 Å². The van der Waals surface area contributed by atoms with Crippen LogP contribution in [0.2, 0.25) is 0 Å². The van der Waals surface area contributed by atoms with E-state index in [0.29, 0.717) is 29.8 Å². The summed E-state index contributed by atoms with van der Waals surface area (Å²) in [4.78, 5) is 23.5. The van der Waals surface area contributed by atoms with Crippen LogP contribution in [0.1, 0.15) is 12.8 Å². The Morgan fingerprint density at radius 2 is 1.91 bits per heavy atom. The molecule has 0 N–H and O–H groups in total. The zero-order chi connectivity index (χ0) is 24.0. The van der Waals surface area contributed by atoms with Gasteiger partial charge in [-0.2, -0.15) is 0 Å². The maximum absolute atomic E-state index is 13.3. The van der Waals surface area contributed by atoms with Crippen LogP contribution in [0.15, 0.2) is 58.3 Å². The van der Waals surface area contributed by atoms with Gasteiger partial charge in [-0.05, 0) is 43.0 Å². The van der Waals surface area contributed by atoms with E-state index in [0.717, 1.165) is 34.7 Å². The van der Waals surface area contributed by atoms with Gasteiger partial charge in [0, 0.05) is 37.5 Å².